The van der Waals surface area contributed by atoms with Gasteiger partial charge in [-0.1, -0.05) is 0 Å². The zero-order valence-corrected chi connectivity index (χ0v) is 16.8. The Morgan fingerprint density at radius 1 is 0.647 bits per heavy atom. The van der Waals surface area contributed by atoms with Gasteiger partial charge in [0, 0.05) is 0 Å². The van der Waals surface area contributed by atoms with Gasteiger partial charge in [0.2, 0.25) is 0 Å². The summed E-state index contributed by atoms with van der Waals surface area (Å²) in [7, 11) is 0. The Hall–Kier alpha value is 0.370. The molecule has 0 amide bonds. The van der Waals surface area contributed by atoms with Gasteiger partial charge in [0.1, 0.15) is 0 Å². The van der Waals surface area contributed by atoms with Crippen LogP contribution >= 0.6 is 36.3 Å². The Kier molecular flexibility index (Phi) is 5.28. The van der Waals surface area contributed by atoms with Crippen molar-refractivity contribution in [1.82, 2.24) is 0 Å². The van der Waals surface area contributed by atoms with Crippen LogP contribution < -0.4 is 5.71 Å². The first-order chi connectivity index (χ1) is 8.16. The van der Waals surface area contributed by atoms with Crippen LogP contribution in [0.1, 0.15) is 0 Å². The van der Waals surface area contributed by atoms with E-state index in [4.69, 9.17) is 5.71 Å². The molecule has 2 nitrogen and oxygen atoms in total. The average molecular weight is 619 g/mol. The molecule has 0 radical (unpaired) electrons. The molecule has 17 heavy (non-hydrogen) atoms. The minimum atomic E-state index is -3.14. The molecule has 0 aliphatic rings. The van der Waals surface area contributed by atoms with E-state index in [1.54, 1.807) is 0 Å². The summed E-state index contributed by atoms with van der Waals surface area (Å²) >= 11 is 1.55. The van der Waals surface area contributed by atoms with Crippen LogP contribution in [0.25, 0.3) is 0 Å². The minimum absolute atomic E-state index is 0.883. The molecule has 2 rings (SSSR count). The first-order valence-electron chi connectivity index (χ1n) is 5.02. The third kappa shape index (κ3) is 4.86. The standard InChI is InChI=1S/2C6H6O.Hf.2HI/c2*7-6-4-2-1-3-5-6;;;/h2*1-5,7H;;2*1H/q;;+4;;/p-4. The van der Waals surface area contributed by atoms with Gasteiger partial charge in [0.15, 0.2) is 0 Å². The SMILES string of the molecule is [I][Hf]([I])([O]c1ccccc1)[O]c1ccccc1. The van der Waals surface area contributed by atoms with Crippen LogP contribution in [0.3, 0.4) is 0 Å². The molecule has 0 aromatic heterocycles. The summed E-state index contributed by atoms with van der Waals surface area (Å²) in [5.41, 5.74) is 0. The topological polar surface area (TPSA) is 18.5 Å². The van der Waals surface area contributed by atoms with Crippen molar-refractivity contribution in [2.45, 2.75) is 0 Å². The summed E-state index contributed by atoms with van der Waals surface area (Å²) in [6.07, 6.45) is 0. The van der Waals surface area contributed by atoms with Gasteiger partial charge in [-0.3, -0.25) is 0 Å². The molecule has 0 atom stereocenters. The van der Waals surface area contributed by atoms with Crippen molar-refractivity contribution in [2.24, 2.45) is 0 Å². The molecule has 2 aromatic rings. The maximum absolute atomic E-state index is 5.98. The van der Waals surface area contributed by atoms with E-state index in [-0.39, 0.29) is 0 Å². The molecule has 2 aromatic carbocycles. The molecule has 0 unspecified atom stereocenters. The predicted octanol–water partition coefficient (Wildman–Crippen LogP) is 4.83. The number of para-hydroxylation sites is 2. The molecule has 0 saturated carbocycles. The van der Waals surface area contributed by atoms with Gasteiger partial charge < -0.3 is 0 Å². The van der Waals surface area contributed by atoms with Crippen molar-refractivity contribution >= 4 is 36.3 Å². The molecule has 0 saturated heterocycles. The maximum atomic E-state index is 5.98. The van der Waals surface area contributed by atoms with Crippen LogP contribution in [0.5, 0.6) is 11.5 Å². The third-order valence-corrected chi connectivity index (χ3v) is 12.6. The van der Waals surface area contributed by atoms with E-state index in [9.17, 15) is 0 Å². The zero-order valence-electron chi connectivity index (χ0n) is 8.85. The molecule has 5 heteroatoms. The van der Waals surface area contributed by atoms with Gasteiger partial charge >= 0.3 is 127 Å². The summed E-state index contributed by atoms with van der Waals surface area (Å²) in [5.74, 6) is 1.77. The van der Waals surface area contributed by atoms with E-state index >= 15 is 0 Å². The molecule has 0 aliphatic heterocycles. The van der Waals surface area contributed by atoms with Crippen LogP contribution in [0.4, 0.5) is 0 Å². The number of hydrogen-bond acceptors (Lipinski definition) is 2. The summed E-state index contributed by atoms with van der Waals surface area (Å²) in [4.78, 5) is 0. The molecule has 0 bridgehead atoms. The summed E-state index contributed by atoms with van der Waals surface area (Å²) in [6, 6.07) is 19.7. The van der Waals surface area contributed by atoms with Crippen molar-refractivity contribution in [3.63, 3.8) is 0 Å². The summed E-state index contributed by atoms with van der Waals surface area (Å²) < 4.78 is 12.0. The first-order valence-corrected chi connectivity index (χ1v) is 28.3. The Morgan fingerprint density at radius 2 is 1.00 bits per heavy atom. The van der Waals surface area contributed by atoms with Gasteiger partial charge in [0.25, 0.3) is 0 Å². The fourth-order valence-electron chi connectivity index (χ4n) is 1.27. The fourth-order valence-corrected chi connectivity index (χ4v) is 12.7. The zero-order chi connectivity index (χ0) is 12.1. The van der Waals surface area contributed by atoms with Crippen LogP contribution in [-0.4, -0.2) is 0 Å². The Bertz CT molecular complexity index is 419. The fraction of sp³-hybridized carbons (Fsp3) is 0. The second-order valence-electron chi connectivity index (χ2n) is 3.29. The molecular formula is C12H10HfI2O2. The molecule has 0 spiro atoms. The molecule has 0 aliphatic carbocycles. The van der Waals surface area contributed by atoms with E-state index in [0.29, 0.717) is 0 Å². The van der Waals surface area contributed by atoms with E-state index < -0.39 is 12.5 Å². The summed E-state index contributed by atoms with van der Waals surface area (Å²) in [6.45, 7) is 0. The van der Waals surface area contributed by atoms with Crippen LogP contribution in [0, 0.1) is 0 Å². The van der Waals surface area contributed by atoms with Gasteiger partial charge in [0.05, 0.1) is 0 Å². The molecule has 0 heterocycles. The normalized spacial score (nSPS) is 10.9. The van der Waals surface area contributed by atoms with Gasteiger partial charge in [-0.2, -0.15) is 0 Å². The van der Waals surface area contributed by atoms with Gasteiger partial charge in [-0.15, -0.1) is 0 Å². The Labute approximate surface area is 125 Å². The van der Waals surface area contributed by atoms with Crippen molar-refractivity contribution in [3.8, 4) is 11.5 Å². The quantitative estimate of drug-likeness (QED) is 0.362. The first kappa shape index (κ1) is 13.8. The van der Waals surface area contributed by atoms with Crippen LogP contribution in [-0.2, 0) is 12.5 Å². The van der Waals surface area contributed by atoms with Gasteiger partial charge in [-0.05, 0) is 0 Å². The second kappa shape index (κ2) is 6.51. The van der Waals surface area contributed by atoms with Crippen LogP contribution in [0.2, 0.25) is 0 Å². The van der Waals surface area contributed by atoms with Crippen molar-refractivity contribution < 1.29 is 18.2 Å². The molecule has 0 fully saturated rings. The van der Waals surface area contributed by atoms with E-state index in [2.05, 4.69) is 36.3 Å². The predicted molar refractivity (Wildman–Crippen MR) is 82.2 cm³/mol. The molecule has 0 N–H and O–H groups in total. The molecular weight excluding hydrogens is 608 g/mol. The average Bonchev–Trinajstić information content (AvgIpc) is 2.30. The number of rotatable bonds is 4. The van der Waals surface area contributed by atoms with Crippen LogP contribution in [0.15, 0.2) is 60.7 Å². The van der Waals surface area contributed by atoms with Crippen molar-refractivity contribution in [2.75, 3.05) is 0 Å². The Morgan fingerprint density at radius 3 is 1.35 bits per heavy atom. The summed E-state index contributed by atoms with van der Waals surface area (Å²) in [5, 5.41) is 0. The van der Waals surface area contributed by atoms with E-state index in [1.807, 2.05) is 60.7 Å². The number of halogens is 2. The Balaban J connectivity index is 2.04. The van der Waals surface area contributed by atoms with Crippen molar-refractivity contribution in [1.29, 1.82) is 0 Å². The van der Waals surface area contributed by atoms with E-state index in [1.165, 1.54) is 0 Å². The van der Waals surface area contributed by atoms with Crippen molar-refractivity contribution in [3.05, 3.63) is 60.7 Å². The number of hydrogen-bond donors (Lipinski definition) is 0. The van der Waals surface area contributed by atoms with Gasteiger partial charge in [-0.25, -0.2) is 0 Å². The third-order valence-electron chi connectivity index (χ3n) is 1.96. The molecule has 88 valence electrons. The monoisotopic (exact) mass is 620 g/mol. The second-order valence-corrected chi connectivity index (χ2v) is 48.2. The van der Waals surface area contributed by atoms with E-state index in [0.717, 1.165) is 11.5 Å². The number of benzene rings is 2.